The molecule has 0 bridgehead atoms. The Kier molecular flexibility index (Phi) is 21.6. The van der Waals surface area contributed by atoms with Crippen molar-refractivity contribution in [2.75, 3.05) is 0 Å². The molecule has 0 spiro atoms. The molecular formula is C18H29KO3. The summed E-state index contributed by atoms with van der Waals surface area (Å²) in [5, 5.41) is 19.7. The minimum absolute atomic E-state index is 0. The third kappa shape index (κ3) is 20.3. The van der Waals surface area contributed by atoms with Crippen molar-refractivity contribution in [3.63, 3.8) is 0 Å². The van der Waals surface area contributed by atoms with Crippen molar-refractivity contribution in [2.45, 2.75) is 70.8 Å². The van der Waals surface area contributed by atoms with Crippen LogP contribution in [0.2, 0.25) is 0 Å². The monoisotopic (exact) mass is 332 g/mol. The SMILES string of the molecule is CCCCC/C=C\C/C=C\C/C=C\CC(O)CCC(=O)[O-].[K+]. The molecule has 1 atom stereocenters. The summed E-state index contributed by atoms with van der Waals surface area (Å²) in [6, 6.07) is 0. The zero-order valence-corrected chi connectivity index (χ0v) is 17.3. The second-order valence-corrected chi connectivity index (χ2v) is 5.18. The fraction of sp³-hybridized carbons (Fsp3) is 0.611. The first-order valence-corrected chi connectivity index (χ1v) is 7.99. The predicted molar refractivity (Wildman–Crippen MR) is 85.7 cm³/mol. The molecule has 0 fully saturated rings. The van der Waals surface area contributed by atoms with E-state index in [1.54, 1.807) is 0 Å². The molecule has 0 saturated carbocycles. The van der Waals surface area contributed by atoms with Gasteiger partial charge in [-0.05, 0) is 44.9 Å². The molecule has 22 heavy (non-hydrogen) atoms. The minimum atomic E-state index is -1.11. The normalized spacial score (nSPS) is 13.0. The molecule has 1 N–H and O–H groups in total. The first-order valence-electron chi connectivity index (χ1n) is 7.99. The standard InChI is InChI=1S/C18H30O3.K/c1-2-3-4-5-6-7-8-9-10-11-12-13-14-17(19)15-16-18(20)21;/h6-7,9-10,12-13,17,19H,2-5,8,11,14-16H2,1H3,(H,20,21);/q;+1/p-1/b7-6-,10-9-,13-12-;. The van der Waals surface area contributed by atoms with Crippen molar-refractivity contribution in [3.05, 3.63) is 36.5 Å². The molecule has 0 aliphatic heterocycles. The van der Waals surface area contributed by atoms with Gasteiger partial charge in [0, 0.05) is 5.97 Å². The Morgan fingerprint density at radius 2 is 1.64 bits per heavy atom. The summed E-state index contributed by atoms with van der Waals surface area (Å²) in [7, 11) is 0. The molecule has 3 nitrogen and oxygen atoms in total. The Bertz CT molecular complexity index is 335. The maximum absolute atomic E-state index is 10.2. The Hall–Kier alpha value is 0.286. The quantitative estimate of drug-likeness (QED) is 0.300. The smallest absolute Gasteiger partial charge is 0.550 e. The van der Waals surface area contributed by atoms with Gasteiger partial charge in [0.15, 0.2) is 0 Å². The number of hydrogen-bond acceptors (Lipinski definition) is 3. The van der Waals surface area contributed by atoms with Crippen molar-refractivity contribution in [3.8, 4) is 0 Å². The molecule has 1 unspecified atom stereocenters. The Morgan fingerprint density at radius 1 is 1.05 bits per heavy atom. The number of carboxylic acid groups (broad SMARTS) is 1. The van der Waals surface area contributed by atoms with E-state index >= 15 is 0 Å². The Morgan fingerprint density at radius 3 is 2.23 bits per heavy atom. The van der Waals surface area contributed by atoms with Crippen LogP contribution in [0.3, 0.4) is 0 Å². The van der Waals surface area contributed by atoms with Crippen LogP contribution in [0.5, 0.6) is 0 Å². The minimum Gasteiger partial charge on any atom is -0.550 e. The van der Waals surface area contributed by atoms with Gasteiger partial charge in [-0.25, -0.2) is 0 Å². The van der Waals surface area contributed by atoms with Crippen LogP contribution >= 0.6 is 0 Å². The molecule has 0 aromatic carbocycles. The number of allylic oxidation sites excluding steroid dienone is 5. The van der Waals surface area contributed by atoms with Gasteiger partial charge in [-0.3, -0.25) is 0 Å². The molecule has 0 aliphatic carbocycles. The van der Waals surface area contributed by atoms with Gasteiger partial charge in [0.2, 0.25) is 0 Å². The van der Waals surface area contributed by atoms with Gasteiger partial charge in [0.05, 0.1) is 6.10 Å². The molecule has 120 valence electrons. The second kappa shape index (κ2) is 19.3. The Balaban J connectivity index is 0. The van der Waals surface area contributed by atoms with Crippen LogP contribution in [-0.2, 0) is 4.79 Å². The number of aliphatic hydroxyl groups is 1. The van der Waals surface area contributed by atoms with E-state index in [0.717, 1.165) is 12.8 Å². The van der Waals surface area contributed by atoms with Crippen molar-refractivity contribution >= 4 is 5.97 Å². The van der Waals surface area contributed by atoms with Gasteiger partial charge in [0.1, 0.15) is 0 Å². The number of unbranched alkanes of at least 4 members (excludes halogenated alkanes) is 3. The number of carbonyl (C=O) groups is 1. The molecular weight excluding hydrogens is 303 g/mol. The van der Waals surface area contributed by atoms with Crippen LogP contribution in [0.4, 0.5) is 0 Å². The van der Waals surface area contributed by atoms with Crippen LogP contribution in [0, 0.1) is 0 Å². The first kappa shape index (κ1) is 24.5. The summed E-state index contributed by atoms with van der Waals surface area (Å²) in [4.78, 5) is 10.2. The van der Waals surface area contributed by atoms with Gasteiger partial charge in [0.25, 0.3) is 0 Å². The van der Waals surface area contributed by atoms with Gasteiger partial charge >= 0.3 is 51.4 Å². The molecule has 0 saturated heterocycles. The van der Waals surface area contributed by atoms with E-state index in [4.69, 9.17) is 0 Å². The van der Waals surface area contributed by atoms with E-state index in [1.165, 1.54) is 25.7 Å². The van der Waals surface area contributed by atoms with Crippen molar-refractivity contribution in [1.82, 2.24) is 0 Å². The topological polar surface area (TPSA) is 60.4 Å². The van der Waals surface area contributed by atoms with E-state index in [1.807, 2.05) is 12.2 Å². The number of carbonyl (C=O) groups excluding carboxylic acids is 1. The van der Waals surface area contributed by atoms with E-state index in [-0.39, 0.29) is 64.2 Å². The summed E-state index contributed by atoms with van der Waals surface area (Å²) in [6.45, 7) is 2.21. The number of carboxylic acids is 1. The van der Waals surface area contributed by atoms with Crippen LogP contribution in [0.1, 0.15) is 64.7 Å². The van der Waals surface area contributed by atoms with Crippen LogP contribution < -0.4 is 56.5 Å². The van der Waals surface area contributed by atoms with Gasteiger partial charge in [-0.15, -0.1) is 0 Å². The second-order valence-electron chi connectivity index (χ2n) is 5.18. The summed E-state index contributed by atoms with van der Waals surface area (Å²) in [5.74, 6) is -1.11. The van der Waals surface area contributed by atoms with Crippen molar-refractivity contribution in [2.24, 2.45) is 0 Å². The average molecular weight is 333 g/mol. The number of aliphatic carboxylic acids is 1. The zero-order chi connectivity index (χ0) is 15.8. The molecule has 0 aromatic heterocycles. The molecule has 0 radical (unpaired) electrons. The summed E-state index contributed by atoms with van der Waals surface area (Å²) >= 11 is 0. The fourth-order valence-electron chi connectivity index (χ4n) is 1.83. The van der Waals surface area contributed by atoms with Crippen molar-refractivity contribution in [1.29, 1.82) is 0 Å². The fourth-order valence-corrected chi connectivity index (χ4v) is 1.83. The molecule has 0 amide bonds. The summed E-state index contributed by atoms with van der Waals surface area (Å²) < 4.78 is 0. The molecule has 0 rings (SSSR count). The van der Waals surface area contributed by atoms with Gasteiger partial charge in [-0.1, -0.05) is 56.2 Å². The molecule has 0 aliphatic rings. The van der Waals surface area contributed by atoms with Gasteiger partial charge < -0.3 is 15.0 Å². The van der Waals surface area contributed by atoms with E-state index in [0.29, 0.717) is 6.42 Å². The average Bonchev–Trinajstić information content (AvgIpc) is 2.46. The maximum Gasteiger partial charge on any atom is 1.00 e. The predicted octanol–water partition coefficient (Wildman–Crippen LogP) is 0.301. The van der Waals surface area contributed by atoms with E-state index < -0.39 is 12.1 Å². The molecule has 0 heterocycles. The maximum atomic E-state index is 10.2. The number of aliphatic hydroxyl groups excluding tert-OH is 1. The van der Waals surface area contributed by atoms with E-state index in [9.17, 15) is 15.0 Å². The number of rotatable bonds is 13. The van der Waals surface area contributed by atoms with Crippen molar-refractivity contribution < 1.29 is 66.4 Å². The first-order chi connectivity index (χ1) is 10.2. The Labute approximate surface area is 178 Å². The van der Waals surface area contributed by atoms with Crippen LogP contribution in [-0.4, -0.2) is 17.2 Å². The van der Waals surface area contributed by atoms with Crippen LogP contribution in [0.15, 0.2) is 36.5 Å². The van der Waals surface area contributed by atoms with E-state index in [2.05, 4.69) is 31.2 Å². The summed E-state index contributed by atoms with van der Waals surface area (Å²) in [5.41, 5.74) is 0. The third-order valence-electron chi connectivity index (χ3n) is 3.11. The van der Waals surface area contributed by atoms with Crippen LogP contribution in [0.25, 0.3) is 0 Å². The molecule has 4 heteroatoms. The largest absolute Gasteiger partial charge is 1.00 e. The third-order valence-corrected chi connectivity index (χ3v) is 3.11. The number of hydrogen-bond donors (Lipinski definition) is 1. The molecule has 0 aromatic rings. The van der Waals surface area contributed by atoms with Gasteiger partial charge in [-0.2, -0.15) is 0 Å². The zero-order valence-electron chi connectivity index (χ0n) is 14.2. The summed E-state index contributed by atoms with van der Waals surface area (Å²) in [6.07, 6.45) is 19.5.